The van der Waals surface area contributed by atoms with Crippen molar-refractivity contribution in [3.63, 3.8) is 0 Å². The molecule has 1 heterocycles. The number of hydrogen-bond donors (Lipinski definition) is 1. The summed E-state index contributed by atoms with van der Waals surface area (Å²) in [6, 6.07) is 0.329. The SMILES string of the molecule is CC(N)=NC1CCOC1. The first-order valence-corrected chi connectivity index (χ1v) is 3.16. The first kappa shape index (κ1) is 6.55. The van der Waals surface area contributed by atoms with Gasteiger partial charge in [0.05, 0.1) is 18.5 Å². The molecule has 3 heteroatoms. The van der Waals surface area contributed by atoms with E-state index in [4.69, 9.17) is 10.5 Å². The van der Waals surface area contributed by atoms with Crippen LogP contribution in [0.3, 0.4) is 0 Å². The fourth-order valence-corrected chi connectivity index (χ4v) is 0.912. The predicted octanol–water partition coefficient (Wildman–Crippen LogP) is 0.152. The molecule has 1 atom stereocenters. The molecule has 1 fully saturated rings. The van der Waals surface area contributed by atoms with Gasteiger partial charge in [-0.15, -0.1) is 0 Å². The molecule has 0 aliphatic carbocycles. The Balaban J connectivity index is 2.35. The number of nitrogens with zero attached hydrogens (tertiary/aromatic N) is 1. The quantitative estimate of drug-likeness (QED) is 0.403. The van der Waals surface area contributed by atoms with Crippen molar-refractivity contribution in [3.05, 3.63) is 0 Å². The van der Waals surface area contributed by atoms with Crippen molar-refractivity contribution in [3.8, 4) is 0 Å². The third kappa shape index (κ3) is 2.01. The lowest BCUT2D eigenvalue weighted by Crippen LogP contribution is -2.12. The minimum atomic E-state index is 0.329. The summed E-state index contributed by atoms with van der Waals surface area (Å²) in [7, 11) is 0. The molecule has 1 aliphatic rings. The van der Waals surface area contributed by atoms with E-state index in [1.807, 2.05) is 0 Å². The molecule has 2 N–H and O–H groups in total. The van der Waals surface area contributed by atoms with Gasteiger partial charge in [-0.2, -0.15) is 0 Å². The van der Waals surface area contributed by atoms with Gasteiger partial charge >= 0.3 is 0 Å². The third-order valence-electron chi connectivity index (χ3n) is 1.29. The molecule has 1 unspecified atom stereocenters. The molecular formula is C6H12N2O. The number of amidine groups is 1. The second kappa shape index (κ2) is 2.82. The molecule has 9 heavy (non-hydrogen) atoms. The Labute approximate surface area is 54.9 Å². The van der Waals surface area contributed by atoms with Gasteiger partial charge in [0, 0.05) is 6.61 Å². The van der Waals surface area contributed by atoms with E-state index in [1.54, 1.807) is 6.92 Å². The third-order valence-corrected chi connectivity index (χ3v) is 1.29. The van der Waals surface area contributed by atoms with Gasteiger partial charge in [0.25, 0.3) is 0 Å². The van der Waals surface area contributed by atoms with Gasteiger partial charge < -0.3 is 10.5 Å². The smallest absolute Gasteiger partial charge is 0.0910 e. The molecule has 0 bridgehead atoms. The second-order valence-corrected chi connectivity index (χ2v) is 2.29. The molecule has 0 aromatic carbocycles. The van der Waals surface area contributed by atoms with E-state index < -0.39 is 0 Å². The normalized spacial score (nSPS) is 29.0. The highest BCUT2D eigenvalue weighted by Gasteiger charge is 2.13. The fraction of sp³-hybridized carbons (Fsp3) is 0.833. The van der Waals surface area contributed by atoms with Crippen molar-refractivity contribution in [2.75, 3.05) is 13.2 Å². The molecule has 52 valence electrons. The van der Waals surface area contributed by atoms with Crippen LogP contribution in [0.15, 0.2) is 4.99 Å². The number of ether oxygens (including phenoxy) is 1. The van der Waals surface area contributed by atoms with E-state index >= 15 is 0 Å². The van der Waals surface area contributed by atoms with Crippen molar-refractivity contribution in [1.82, 2.24) is 0 Å². The highest BCUT2D eigenvalue weighted by molar-refractivity contribution is 5.77. The molecule has 0 radical (unpaired) electrons. The fourth-order valence-electron chi connectivity index (χ4n) is 0.912. The molecule has 1 rings (SSSR count). The lowest BCUT2D eigenvalue weighted by atomic mass is 10.3. The van der Waals surface area contributed by atoms with Gasteiger partial charge in [-0.1, -0.05) is 0 Å². The Morgan fingerprint density at radius 2 is 2.56 bits per heavy atom. The summed E-state index contributed by atoms with van der Waals surface area (Å²) in [5, 5.41) is 0. The monoisotopic (exact) mass is 128 g/mol. The van der Waals surface area contributed by atoms with E-state index in [0.717, 1.165) is 19.6 Å². The lowest BCUT2D eigenvalue weighted by molar-refractivity contribution is 0.194. The Morgan fingerprint density at radius 1 is 1.78 bits per heavy atom. The van der Waals surface area contributed by atoms with Crippen LogP contribution < -0.4 is 5.73 Å². The van der Waals surface area contributed by atoms with Gasteiger partial charge in [-0.25, -0.2) is 0 Å². The maximum absolute atomic E-state index is 5.37. The molecule has 3 nitrogen and oxygen atoms in total. The van der Waals surface area contributed by atoms with Crippen molar-refractivity contribution in [2.24, 2.45) is 10.7 Å². The first-order chi connectivity index (χ1) is 4.29. The molecule has 0 aromatic heterocycles. The number of aliphatic imine (C=N–C) groups is 1. The Bertz CT molecular complexity index is 112. The largest absolute Gasteiger partial charge is 0.388 e. The molecule has 1 saturated heterocycles. The van der Waals surface area contributed by atoms with Crippen molar-refractivity contribution >= 4 is 5.84 Å². The summed E-state index contributed by atoms with van der Waals surface area (Å²) in [4.78, 5) is 4.15. The highest BCUT2D eigenvalue weighted by Crippen LogP contribution is 2.06. The zero-order chi connectivity index (χ0) is 6.69. The average Bonchev–Trinajstić information content (AvgIpc) is 2.15. The van der Waals surface area contributed by atoms with E-state index in [9.17, 15) is 0 Å². The number of nitrogens with two attached hydrogens (primary N) is 1. The second-order valence-electron chi connectivity index (χ2n) is 2.29. The van der Waals surface area contributed by atoms with Crippen LogP contribution >= 0.6 is 0 Å². The van der Waals surface area contributed by atoms with Crippen LogP contribution in [0.1, 0.15) is 13.3 Å². The van der Waals surface area contributed by atoms with E-state index in [2.05, 4.69) is 4.99 Å². The van der Waals surface area contributed by atoms with Crippen LogP contribution in [-0.2, 0) is 4.74 Å². The minimum Gasteiger partial charge on any atom is -0.388 e. The molecule has 1 aliphatic heterocycles. The predicted molar refractivity (Wildman–Crippen MR) is 36.5 cm³/mol. The van der Waals surface area contributed by atoms with Gasteiger partial charge in [-0.05, 0) is 13.3 Å². The first-order valence-electron chi connectivity index (χ1n) is 3.16. The summed E-state index contributed by atoms with van der Waals surface area (Å²) < 4.78 is 5.10. The van der Waals surface area contributed by atoms with E-state index in [0.29, 0.717) is 11.9 Å². The standard InChI is InChI=1S/C6H12N2O/c1-5(7)8-6-2-3-9-4-6/h6H,2-4H2,1H3,(H2,7,8). The van der Waals surface area contributed by atoms with Crippen LogP contribution in [0.5, 0.6) is 0 Å². The van der Waals surface area contributed by atoms with Gasteiger partial charge in [-0.3, -0.25) is 4.99 Å². The molecule has 0 aromatic rings. The molecule has 0 amide bonds. The Morgan fingerprint density at radius 3 is 3.00 bits per heavy atom. The van der Waals surface area contributed by atoms with Crippen LogP contribution in [0.4, 0.5) is 0 Å². The van der Waals surface area contributed by atoms with Crippen LogP contribution in [0.2, 0.25) is 0 Å². The van der Waals surface area contributed by atoms with Gasteiger partial charge in [0.2, 0.25) is 0 Å². The van der Waals surface area contributed by atoms with Crippen LogP contribution in [0, 0.1) is 0 Å². The van der Waals surface area contributed by atoms with E-state index in [1.165, 1.54) is 0 Å². The van der Waals surface area contributed by atoms with Gasteiger partial charge in [0.1, 0.15) is 0 Å². The van der Waals surface area contributed by atoms with Crippen LogP contribution in [0.25, 0.3) is 0 Å². The maximum Gasteiger partial charge on any atom is 0.0910 e. The van der Waals surface area contributed by atoms with Crippen molar-refractivity contribution in [1.29, 1.82) is 0 Å². The lowest BCUT2D eigenvalue weighted by Gasteiger charge is -1.98. The minimum absolute atomic E-state index is 0.329. The zero-order valence-electron chi connectivity index (χ0n) is 5.63. The summed E-state index contributed by atoms with van der Waals surface area (Å²) in [5.41, 5.74) is 5.37. The summed E-state index contributed by atoms with van der Waals surface area (Å²) in [6.07, 6.45) is 1.02. The van der Waals surface area contributed by atoms with E-state index in [-0.39, 0.29) is 0 Å². The topological polar surface area (TPSA) is 47.6 Å². The van der Waals surface area contributed by atoms with Gasteiger partial charge in [0.15, 0.2) is 0 Å². The summed E-state index contributed by atoms with van der Waals surface area (Å²) in [6.45, 7) is 3.38. The summed E-state index contributed by atoms with van der Waals surface area (Å²) in [5.74, 6) is 0.658. The van der Waals surface area contributed by atoms with Crippen molar-refractivity contribution < 1.29 is 4.74 Å². The Kier molecular flexibility index (Phi) is 2.05. The maximum atomic E-state index is 5.37. The molecular weight excluding hydrogens is 116 g/mol. The molecule has 0 saturated carbocycles. The van der Waals surface area contributed by atoms with Crippen molar-refractivity contribution in [2.45, 2.75) is 19.4 Å². The Hall–Kier alpha value is -0.570. The highest BCUT2D eigenvalue weighted by atomic mass is 16.5. The number of hydrogen-bond acceptors (Lipinski definition) is 2. The zero-order valence-corrected chi connectivity index (χ0v) is 5.63. The van der Waals surface area contributed by atoms with Crippen LogP contribution in [-0.4, -0.2) is 25.1 Å². The average molecular weight is 128 g/mol. The molecule has 0 spiro atoms. The number of rotatable bonds is 1. The summed E-state index contributed by atoms with van der Waals surface area (Å²) >= 11 is 0.